The van der Waals surface area contributed by atoms with Crippen molar-refractivity contribution >= 4 is 34.0 Å². The summed E-state index contributed by atoms with van der Waals surface area (Å²) >= 11 is 6.17. The van der Waals surface area contributed by atoms with Crippen LogP contribution in [-0.2, 0) is 13.1 Å². The highest BCUT2D eigenvalue weighted by Gasteiger charge is 2.21. The molecule has 3 aromatic rings. The standard InChI is InChI=1S/C21H21ClN4O4/c1-13(2)11-25-20(27)17-7-5-4-6-16(17)19(23-25)21(28)24(3)12-14-10-15(26(29)30)8-9-18(14)22/h4-10,13H,11-12H2,1-3H3. The van der Waals surface area contributed by atoms with Crippen molar-refractivity contribution in [2.45, 2.75) is 26.9 Å². The first kappa shape index (κ1) is 21.4. The number of aromatic nitrogens is 2. The number of amides is 1. The van der Waals surface area contributed by atoms with Crippen LogP contribution in [0.15, 0.2) is 47.3 Å². The van der Waals surface area contributed by atoms with E-state index in [1.54, 1.807) is 31.3 Å². The van der Waals surface area contributed by atoms with Gasteiger partial charge in [-0.1, -0.05) is 43.6 Å². The highest BCUT2D eigenvalue weighted by molar-refractivity contribution is 6.31. The molecule has 0 saturated carbocycles. The van der Waals surface area contributed by atoms with Gasteiger partial charge in [-0.05, 0) is 23.6 Å². The van der Waals surface area contributed by atoms with Crippen molar-refractivity contribution in [2.75, 3.05) is 7.05 Å². The fraction of sp³-hybridized carbons (Fsp3) is 0.286. The van der Waals surface area contributed by atoms with Crippen molar-refractivity contribution in [3.63, 3.8) is 0 Å². The molecule has 156 valence electrons. The Morgan fingerprint density at radius 1 is 1.23 bits per heavy atom. The topological polar surface area (TPSA) is 98.3 Å². The summed E-state index contributed by atoms with van der Waals surface area (Å²) in [6.45, 7) is 4.35. The molecule has 30 heavy (non-hydrogen) atoms. The Kier molecular flexibility index (Phi) is 6.17. The minimum absolute atomic E-state index is 0.0542. The number of fused-ring (bicyclic) bond motifs is 1. The van der Waals surface area contributed by atoms with Gasteiger partial charge in [0.25, 0.3) is 17.2 Å². The molecule has 0 bridgehead atoms. The summed E-state index contributed by atoms with van der Waals surface area (Å²) in [7, 11) is 1.56. The number of nitro groups is 1. The summed E-state index contributed by atoms with van der Waals surface area (Å²) in [5, 5.41) is 16.6. The normalized spacial score (nSPS) is 11.1. The molecule has 2 aromatic carbocycles. The van der Waals surface area contributed by atoms with E-state index in [0.29, 0.717) is 27.9 Å². The molecule has 3 rings (SSSR count). The first-order valence-corrected chi connectivity index (χ1v) is 9.75. The summed E-state index contributed by atoms with van der Waals surface area (Å²) in [5.41, 5.74) is 0.237. The van der Waals surface area contributed by atoms with Gasteiger partial charge in [-0.25, -0.2) is 4.68 Å². The maximum absolute atomic E-state index is 13.2. The number of nitrogens with zero attached hydrogens (tertiary/aromatic N) is 4. The second-order valence-corrected chi connectivity index (χ2v) is 7.88. The number of halogens is 1. The number of hydrogen-bond acceptors (Lipinski definition) is 5. The van der Waals surface area contributed by atoms with Crippen LogP contribution in [0.4, 0.5) is 5.69 Å². The van der Waals surface area contributed by atoms with Crippen molar-refractivity contribution in [1.82, 2.24) is 14.7 Å². The predicted octanol–water partition coefficient (Wildman–Crippen LogP) is 3.89. The zero-order valence-electron chi connectivity index (χ0n) is 16.8. The van der Waals surface area contributed by atoms with E-state index < -0.39 is 10.8 Å². The third kappa shape index (κ3) is 4.33. The van der Waals surface area contributed by atoms with Gasteiger partial charge in [0.1, 0.15) is 0 Å². The maximum atomic E-state index is 13.2. The van der Waals surface area contributed by atoms with Gasteiger partial charge in [0, 0.05) is 42.7 Å². The highest BCUT2D eigenvalue weighted by atomic mass is 35.5. The molecule has 0 aliphatic carbocycles. The van der Waals surface area contributed by atoms with E-state index in [9.17, 15) is 19.7 Å². The van der Waals surface area contributed by atoms with Gasteiger partial charge in [0.05, 0.1) is 10.3 Å². The largest absolute Gasteiger partial charge is 0.336 e. The minimum Gasteiger partial charge on any atom is -0.336 e. The van der Waals surface area contributed by atoms with Crippen molar-refractivity contribution in [2.24, 2.45) is 5.92 Å². The third-order valence-corrected chi connectivity index (χ3v) is 4.97. The fourth-order valence-electron chi connectivity index (χ4n) is 3.17. The minimum atomic E-state index is -0.515. The van der Waals surface area contributed by atoms with Crippen LogP contribution in [0.2, 0.25) is 5.02 Å². The lowest BCUT2D eigenvalue weighted by atomic mass is 10.1. The Hall–Kier alpha value is -3.26. The number of rotatable bonds is 6. The summed E-state index contributed by atoms with van der Waals surface area (Å²) < 4.78 is 1.31. The Balaban J connectivity index is 2.02. The molecular weight excluding hydrogens is 408 g/mol. The molecule has 0 fully saturated rings. The predicted molar refractivity (Wildman–Crippen MR) is 115 cm³/mol. The molecule has 0 aliphatic heterocycles. The molecule has 9 heteroatoms. The van der Waals surface area contributed by atoms with Crippen LogP contribution >= 0.6 is 11.6 Å². The maximum Gasteiger partial charge on any atom is 0.274 e. The molecule has 8 nitrogen and oxygen atoms in total. The Morgan fingerprint density at radius 2 is 1.90 bits per heavy atom. The number of carbonyl (C=O) groups excluding carboxylic acids is 1. The average Bonchev–Trinajstić information content (AvgIpc) is 2.70. The quantitative estimate of drug-likeness (QED) is 0.438. The second-order valence-electron chi connectivity index (χ2n) is 7.47. The number of carbonyl (C=O) groups is 1. The van der Waals surface area contributed by atoms with Gasteiger partial charge in [-0.3, -0.25) is 19.7 Å². The van der Waals surface area contributed by atoms with Crippen LogP contribution in [0.3, 0.4) is 0 Å². The zero-order chi connectivity index (χ0) is 22.0. The lowest BCUT2D eigenvalue weighted by Crippen LogP contribution is -2.32. The molecule has 1 aromatic heterocycles. The van der Waals surface area contributed by atoms with Crippen LogP contribution in [-0.4, -0.2) is 32.6 Å². The number of non-ortho nitro benzene ring substituents is 1. The first-order valence-electron chi connectivity index (χ1n) is 9.37. The van der Waals surface area contributed by atoms with E-state index in [0.717, 1.165) is 0 Å². The van der Waals surface area contributed by atoms with Crippen LogP contribution in [0.1, 0.15) is 29.9 Å². The van der Waals surface area contributed by atoms with Crippen LogP contribution in [0.5, 0.6) is 0 Å². The average molecular weight is 429 g/mol. The summed E-state index contributed by atoms with van der Waals surface area (Å²) in [6, 6.07) is 10.9. The second kappa shape index (κ2) is 8.62. The van der Waals surface area contributed by atoms with Crippen molar-refractivity contribution in [3.05, 3.63) is 79.2 Å². The van der Waals surface area contributed by atoms with Crippen molar-refractivity contribution < 1.29 is 9.72 Å². The van der Waals surface area contributed by atoms with Crippen LogP contribution in [0.25, 0.3) is 10.8 Å². The van der Waals surface area contributed by atoms with E-state index >= 15 is 0 Å². The van der Waals surface area contributed by atoms with Gasteiger partial charge in [-0.2, -0.15) is 5.10 Å². The van der Waals surface area contributed by atoms with Gasteiger partial charge < -0.3 is 4.90 Å². The molecule has 0 radical (unpaired) electrons. The molecule has 1 heterocycles. The van der Waals surface area contributed by atoms with E-state index in [1.165, 1.54) is 27.8 Å². The van der Waals surface area contributed by atoms with E-state index in [1.807, 2.05) is 13.8 Å². The Bertz CT molecular complexity index is 1190. The first-order chi connectivity index (χ1) is 14.2. The van der Waals surface area contributed by atoms with E-state index in [4.69, 9.17) is 11.6 Å². The third-order valence-electron chi connectivity index (χ3n) is 4.60. The van der Waals surface area contributed by atoms with Gasteiger partial charge in [0.2, 0.25) is 0 Å². The van der Waals surface area contributed by atoms with Gasteiger partial charge in [0.15, 0.2) is 5.69 Å². The Labute approximate surface area is 177 Å². The fourth-order valence-corrected chi connectivity index (χ4v) is 3.34. The highest BCUT2D eigenvalue weighted by Crippen LogP contribution is 2.24. The van der Waals surface area contributed by atoms with E-state index in [2.05, 4.69) is 5.10 Å². The molecule has 0 spiro atoms. The Morgan fingerprint density at radius 3 is 2.53 bits per heavy atom. The molecule has 0 N–H and O–H groups in total. The smallest absolute Gasteiger partial charge is 0.274 e. The summed E-state index contributed by atoms with van der Waals surface area (Å²) in [6.07, 6.45) is 0. The lowest BCUT2D eigenvalue weighted by Gasteiger charge is -2.19. The monoisotopic (exact) mass is 428 g/mol. The number of benzene rings is 2. The SMILES string of the molecule is CC(C)Cn1nc(C(=O)N(C)Cc2cc([N+](=O)[O-])ccc2Cl)c2ccccc2c1=O. The van der Waals surface area contributed by atoms with Crippen LogP contribution in [0, 0.1) is 16.0 Å². The molecule has 0 aliphatic rings. The zero-order valence-corrected chi connectivity index (χ0v) is 17.6. The molecule has 0 unspecified atom stereocenters. The molecular formula is C21H21ClN4O4. The number of nitro benzene ring substituents is 1. The molecule has 0 atom stereocenters. The van der Waals surface area contributed by atoms with Crippen LogP contribution < -0.4 is 5.56 Å². The van der Waals surface area contributed by atoms with Crippen molar-refractivity contribution in [1.29, 1.82) is 0 Å². The summed E-state index contributed by atoms with van der Waals surface area (Å²) in [5.74, 6) is -0.244. The lowest BCUT2D eigenvalue weighted by molar-refractivity contribution is -0.384. The number of hydrogen-bond donors (Lipinski definition) is 0. The van der Waals surface area contributed by atoms with Gasteiger partial charge >= 0.3 is 0 Å². The summed E-state index contributed by atoms with van der Waals surface area (Å²) in [4.78, 5) is 37.9. The van der Waals surface area contributed by atoms with Crippen molar-refractivity contribution in [3.8, 4) is 0 Å². The molecule has 0 saturated heterocycles. The molecule has 1 amide bonds. The van der Waals surface area contributed by atoms with Gasteiger partial charge in [-0.15, -0.1) is 0 Å². The van der Waals surface area contributed by atoms with E-state index in [-0.39, 0.29) is 29.4 Å².